The van der Waals surface area contributed by atoms with Crippen molar-refractivity contribution >= 4 is 21.9 Å². The van der Waals surface area contributed by atoms with E-state index >= 15 is 0 Å². The number of carboxylic acids is 1. The first-order valence-electron chi connectivity index (χ1n) is 6.92. The van der Waals surface area contributed by atoms with Crippen molar-refractivity contribution in [2.24, 2.45) is 0 Å². The molecular weight excluding hydrogens is 316 g/mol. The third-order valence-electron chi connectivity index (χ3n) is 2.94. The molecule has 0 saturated carbocycles. The van der Waals surface area contributed by atoms with E-state index in [0.29, 0.717) is 0 Å². The summed E-state index contributed by atoms with van der Waals surface area (Å²) >= 11 is 0. The highest BCUT2D eigenvalue weighted by Crippen LogP contribution is 2.05. The van der Waals surface area contributed by atoms with Crippen LogP contribution in [0.3, 0.4) is 0 Å². The molecule has 1 unspecified atom stereocenters. The average Bonchev–Trinajstić information content (AvgIpc) is 2.44. The number of nitrogens with one attached hydrogen (secondary N) is 1. The first kappa shape index (κ1) is 18.8. The quantitative estimate of drug-likeness (QED) is 0.560. The van der Waals surface area contributed by atoms with Gasteiger partial charge in [-0.25, -0.2) is 17.9 Å². The van der Waals surface area contributed by atoms with E-state index in [1.54, 1.807) is 13.8 Å². The average molecular weight is 338 g/mol. The highest BCUT2D eigenvalue weighted by atomic mass is 32.2. The Morgan fingerprint density at radius 2 is 2.14 bits per heavy atom. The maximum atomic E-state index is 11.9. The van der Waals surface area contributed by atoms with E-state index in [1.165, 1.54) is 4.90 Å². The maximum absolute atomic E-state index is 11.9. The molecule has 0 aromatic heterocycles. The summed E-state index contributed by atoms with van der Waals surface area (Å²) < 4.78 is 35.7. The zero-order valence-electron chi connectivity index (χ0n) is 12.6. The van der Waals surface area contributed by atoms with Gasteiger partial charge in [0.2, 0.25) is 15.9 Å². The standard InChI is InChI=1S/C12H22N2O7S/c1-9(2)20-5-6-22(18,19)13-7-11(15)14-3-4-21-10(8-14)12(16)17/h9-10,13H,3-8H2,1-2H3,(H,16,17). The Balaban J connectivity index is 2.39. The van der Waals surface area contributed by atoms with Gasteiger partial charge in [0, 0.05) is 6.54 Å². The molecule has 1 atom stereocenters. The van der Waals surface area contributed by atoms with E-state index in [-0.39, 0.29) is 38.2 Å². The lowest BCUT2D eigenvalue weighted by Gasteiger charge is -2.30. The second kappa shape index (κ2) is 8.42. The minimum absolute atomic E-state index is 0.0415. The molecule has 0 aromatic rings. The number of amides is 1. The van der Waals surface area contributed by atoms with Crippen molar-refractivity contribution < 1.29 is 32.6 Å². The van der Waals surface area contributed by atoms with Gasteiger partial charge in [0.25, 0.3) is 0 Å². The van der Waals surface area contributed by atoms with Crippen molar-refractivity contribution in [2.45, 2.75) is 26.1 Å². The van der Waals surface area contributed by atoms with E-state index in [4.69, 9.17) is 14.6 Å². The number of hydrogen-bond acceptors (Lipinski definition) is 6. The summed E-state index contributed by atoms with van der Waals surface area (Å²) in [6.07, 6.45) is -1.15. The molecule has 2 N–H and O–H groups in total. The smallest absolute Gasteiger partial charge is 0.334 e. The molecule has 9 nitrogen and oxygen atoms in total. The first-order valence-corrected chi connectivity index (χ1v) is 8.57. The second-order valence-electron chi connectivity index (χ2n) is 5.10. The molecule has 1 heterocycles. The molecule has 0 spiro atoms. The van der Waals surface area contributed by atoms with Gasteiger partial charge in [-0.3, -0.25) is 4.79 Å². The van der Waals surface area contributed by atoms with Gasteiger partial charge in [0.1, 0.15) is 0 Å². The molecule has 1 aliphatic rings. The lowest BCUT2D eigenvalue weighted by Crippen LogP contribution is -2.51. The second-order valence-corrected chi connectivity index (χ2v) is 7.02. The van der Waals surface area contributed by atoms with E-state index in [1.807, 2.05) is 0 Å². The zero-order chi connectivity index (χ0) is 16.8. The Bertz CT molecular complexity index is 492. The molecule has 1 amide bonds. The molecule has 1 aliphatic heterocycles. The highest BCUT2D eigenvalue weighted by molar-refractivity contribution is 7.89. The zero-order valence-corrected chi connectivity index (χ0v) is 13.5. The molecule has 1 rings (SSSR count). The number of rotatable bonds is 8. The van der Waals surface area contributed by atoms with Crippen LogP contribution in [0.5, 0.6) is 0 Å². The highest BCUT2D eigenvalue weighted by Gasteiger charge is 2.29. The number of carboxylic acid groups (broad SMARTS) is 1. The van der Waals surface area contributed by atoms with Crippen molar-refractivity contribution in [1.29, 1.82) is 0 Å². The number of aliphatic carboxylic acids is 1. The Morgan fingerprint density at radius 3 is 2.73 bits per heavy atom. The number of carbonyl (C=O) groups excluding carboxylic acids is 1. The van der Waals surface area contributed by atoms with E-state index < -0.39 is 34.5 Å². The van der Waals surface area contributed by atoms with Gasteiger partial charge in [-0.2, -0.15) is 0 Å². The van der Waals surface area contributed by atoms with Gasteiger partial charge in [-0.15, -0.1) is 0 Å². The number of sulfonamides is 1. The number of hydrogen-bond donors (Lipinski definition) is 2. The summed E-state index contributed by atoms with van der Waals surface area (Å²) in [7, 11) is -3.61. The van der Waals surface area contributed by atoms with Crippen molar-refractivity contribution in [3.8, 4) is 0 Å². The fourth-order valence-corrected chi connectivity index (χ4v) is 2.58. The van der Waals surface area contributed by atoms with Crippen LogP contribution >= 0.6 is 0 Å². The first-order chi connectivity index (χ1) is 10.2. The van der Waals surface area contributed by atoms with Crippen molar-refractivity contribution in [2.75, 3.05) is 38.6 Å². The lowest BCUT2D eigenvalue weighted by molar-refractivity contribution is -0.159. The lowest BCUT2D eigenvalue weighted by atomic mass is 10.2. The summed E-state index contributed by atoms with van der Waals surface area (Å²) in [5, 5.41) is 8.85. The molecule has 1 saturated heterocycles. The van der Waals surface area contributed by atoms with Crippen LogP contribution in [0.15, 0.2) is 0 Å². The molecule has 0 radical (unpaired) electrons. The van der Waals surface area contributed by atoms with Gasteiger partial charge in [-0.1, -0.05) is 0 Å². The summed E-state index contributed by atoms with van der Waals surface area (Å²) in [6.45, 7) is 3.47. The Kier molecular flexibility index (Phi) is 7.20. The van der Waals surface area contributed by atoms with Gasteiger partial charge < -0.3 is 19.5 Å². The van der Waals surface area contributed by atoms with Gasteiger partial charge >= 0.3 is 5.97 Å². The largest absolute Gasteiger partial charge is 0.479 e. The number of morpholine rings is 1. The SMILES string of the molecule is CC(C)OCCS(=O)(=O)NCC(=O)N1CCOC(C(=O)O)C1. The van der Waals surface area contributed by atoms with E-state index in [2.05, 4.69) is 4.72 Å². The fourth-order valence-electron chi connectivity index (χ4n) is 1.77. The van der Waals surface area contributed by atoms with Crippen LogP contribution < -0.4 is 4.72 Å². The molecule has 10 heteroatoms. The van der Waals surface area contributed by atoms with Gasteiger partial charge in [0.15, 0.2) is 6.10 Å². The third-order valence-corrected chi connectivity index (χ3v) is 4.23. The van der Waals surface area contributed by atoms with Crippen LogP contribution in [0.1, 0.15) is 13.8 Å². The Morgan fingerprint density at radius 1 is 1.45 bits per heavy atom. The van der Waals surface area contributed by atoms with Crippen LogP contribution in [0.2, 0.25) is 0 Å². The van der Waals surface area contributed by atoms with Crippen LogP contribution in [-0.4, -0.2) is 81.1 Å². The number of carbonyl (C=O) groups is 2. The Labute approximate surface area is 129 Å². The molecular formula is C12H22N2O7S. The third kappa shape index (κ3) is 6.69. The normalized spacial score (nSPS) is 19.4. The summed E-state index contributed by atoms with van der Waals surface area (Å²) in [5.74, 6) is -1.87. The summed E-state index contributed by atoms with van der Waals surface area (Å²) in [4.78, 5) is 24.0. The minimum Gasteiger partial charge on any atom is -0.479 e. The fraction of sp³-hybridized carbons (Fsp3) is 0.833. The Hall–Kier alpha value is -1.23. The summed E-state index contributed by atoms with van der Waals surface area (Å²) in [5.41, 5.74) is 0. The van der Waals surface area contributed by atoms with Crippen molar-refractivity contribution in [1.82, 2.24) is 9.62 Å². The van der Waals surface area contributed by atoms with Crippen LogP contribution in [-0.2, 0) is 29.1 Å². The van der Waals surface area contributed by atoms with E-state index in [0.717, 1.165) is 0 Å². The van der Waals surface area contributed by atoms with E-state index in [9.17, 15) is 18.0 Å². The van der Waals surface area contributed by atoms with Crippen molar-refractivity contribution in [3.05, 3.63) is 0 Å². The van der Waals surface area contributed by atoms with Crippen LogP contribution in [0.25, 0.3) is 0 Å². The molecule has 22 heavy (non-hydrogen) atoms. The molecule has 0 aromatic carbocycles. The molecule has 0 bridgehead atoms. The monoisotopic (exact) mass is 338 g/mol. The maximum Gasteiger partial charge on any atom is 0.334 e. The van der Waals surface area contributed by atoms with Crippen molar-refractivity contribution in [3.63, 3.8) is 0 Å². The van der Waals surface area contributed by atoms with Crippen LogP contribution in [0.4, 0.5) is 0 Å². The van der Waals surface area contributed by atoms with Crippen LogP contribution in [0, 0.1) is 0 Å². The minimum atomic E-state index is -3.61. The van der Waals surface area contributed by atoms with Gasteiger partial charge in [0.05, 0.1) is 38.2 Å². The van der Waals surface area contributed by atoms with Gasteiger partial charge in [-0.05, 0) is 13.8 Å². The number of nitrogens with zero attached hydrogens (tertiary/aromatic N) is 1. The molecule has 128 valence electrons. The number of ether oxygens (including phenoxy) is 2. The summed E-state index contributed by atoms with van der Waals surface area (Å²) in [6, 6.07) is 0. The molecule has 0 aliphatic carbocycles. The predicted octanol–water partition coefficient (Wildman–Crippen LogP) is -1.36. The predicted molar refractivity (Wildman–Crippen MR) is 76.8 cm³/mol. The topological polar surface area (TPSA) is 122 Å². The molecule has 1 fully saturated rings.